The van der Waals surface area contributed by atoms with Crippen LogP contribution in [0.25, 0.3) is 0 Å². The zero-order chi connectivity index (χ0) is 14.4. The van der Waals surface area contributed by atoms with E-state index in [1.54, 1.807) is 42.5 Å². The first-order valence-corrected chi connectivity index (χ1v) is 6.14. The van der Waals surface area contributed by atoms with Gasteiger partial charge in [-0.05, 0) is 43.3 Å². The Hall–Kier alpha value is -2.87. The van der Waals surface area contributed by atoms with E-state index < -0.39 is 0 Å². The van der Waals surface area contributed by atoms with Gasteiger partial charge in [0.25, 0.3) is 5.91 Å². The van der Waals surface area contributed by atoms with Crippen LogP contribution in [0.2, 0.25) is 0 Å². The molecule has 0 atom stereocenters. The first-order chi connectivity index (χ1) is 9.72. The topological polar surface area (TPSA) is 75.0 Å². The maximum absolute atomic E-state index is 12.0. The van der Waals surface area contributed by atoms with Crippen molar-refractivity contribution in [2.45, 2.75) is 6.92 Å². The molecule has 5 heteroatoms. The highest BCUT2D eigenvalue weighted by atomic mass is 16.5. The minimum atomic E-state index is -0.355. The molecular weight excluding hydrogens is 254 g/mol. The van der Waals surface area contributed by atoms with E-state index in [4.69, 9.17) is 10.00 Å². The third-order valence-corrected chi connectivity index (χ3v) is 2.52. The van der Waals surface area contributed by atoms with Gasteiger partial charge in [-0.1, -0.05) is 6.07 Å². The normalized spacial score (nSPS) is 9.60. The van der Waals surface area contributed by atoms with Crippen LogP contribution in [0, 0.1) is 11.3 Å². The molecule has 0 saturated carbocycles. The van der Waals surface area contributed by atoms with Crippen LogP contribution in [-0.2, 0) is 0 Å². The number of aromatic nitrogens is 1. The number of carbonyl (C=O) groups excluding carboxylic acids is 1. The minimum Gasteiger partial charge on any atom is -0.494 e. The molecule has 1 heterocycles. The Morgan fingerprint density at radius 1 is 1.30 bits per heavy atom. The van der Waals surface area contributed by atoms with Gasteiger partial charge in [-0.15, -0.1) is 0 Å². The van der Waals surface area contributed by atoms with Crippen LogP contribution in [0.15, 0.2) is 42.5 Å². The fourth-order valence-corrected chi connectivity index (χ4v) is 1.62. The Labute approximate surface area is 116 Å². The molecule has 20 heavy (non-hydrogen) atoms. The molecule has 0 aliphatic rings. The van der Waals surface area contributed by atoms with Crippen molar-refractivity contribution in [2.24, 2.45) is 0 Å². The molecule has 0 spiro atoms. The van der Waals surface area contributed by atoms with Gasteiger partial charge < -0.3 is 10.1 Å². The molecule has 0 saturated heterocycles. The summed E-state index contributed by atoms with van der Waals surface area (Å²) >= 11 is 0. The van der Waals surface area contributed by atoms with Crippen molar-refractivity contribution in [1.29, 1.82) is 5.26 Å². The fourth-order valence-electron chi connectivity index (χ4n) is 1.62. The molecule has 5 nitrogen and oxygen atoms in total. The SMILES string of the molecule is CCOc1ccc(NC(=O)c2cccc(C#N)n2)cc1. The summed E-state index contributed by atoms with van der Waals surface area (Å²) in [7, 11) is 0. The Balaban J connectivity index is 2.09. The van der Waals surface area contributed by atoms with Crippen molar-refractivity contribution < 1.29 is 9.53 Å². The van der Waals surface area contributed by atoms with Gasteiger partial charge in [-0.25, -0.2) is 4.98 Å². The first kappa shape index (κ1) is 13.6. The number of rotatable bonds is 4. The van der Waals surface area contributed by atoms with Gasteiger partial charge in [0.2, 0.25) is 0 Å². The van der Waals surface area contributed by atoms with Crippen LogP contribution in [0.3, 0.4) is 0 Å². The van der Waals surface area contributed by atoms with Crippen molar-refractivity contribution in [2.75, 3.05) is 11.9 Å². The number of nitrogens with one attached hydrogen (secondary N) is 1. The van der Waals surface area contributed by atoms with Gasteiger partial charge in [0, 0.05) is 5.69 Å². The van der Waals surface area contributed by atoms with E-state index in [1.165, 1.54) is 0 Å². The summed E-state index contributed by atoms with van der Waals surface area (Å²) in [6.07, 6.45) is 0. The second-order valence-electron chi connectivity index (χ2n) is 3.93. The maximum Gasteiger partial charge on any atom is 0.274 e. The van der Waals surface area contributed by atoms with Gasteiger partial charge >= 0.3 is 0 Å². The van der Waals surface area contributed by atoms with Gasteiger partial charge in [0.05, 0.1) is 6.61 Å². The number of hydrogen-bond acceptors (Lipinski definition) is 4. The Morgan fingerprint density at radius 3 is 2.70 bits per heavy atom. The minimum absolute atomic E-state index is 0.206. The van der Waals surface area contributed by atoms with Crippen LogP contribution in [0.1, 0.15) is 23.1 Å². The molecule has 1 amide bonds. The summed E-state index contributed by atoms with van der Waals surface area (Å²) in [6.45, 7) is 2.50. The summed E-state index contributed by atoms with van der Waals surface area (Å²) < 4.78 is 5.32. The van der Waals surface area contributed by atoms with E-state index in [1.807, 2.05) is 13.0 Å². The van der Waals surface area contributed by atoms with E-state index in [9.17, 15) is 4.79 Å². The molecule has 0 radical (unpaired) electrons. The first-order valence-electron chi connectivity index (χ1n) is 6.14. The standard InChI is InChI=1S/C15H13N3O2/c1-2-20-13-8-6-11(7-9-13)18-15(19)14-5-3-4-12(10-16)17-14/h3-9H,2H2,1H3,(H,18,19). The second-order valence-corrected chi connectivity index (χ2v) is 3.93. The molecule has 0 aliphatic heterocycles. The van der Waals surface area contributed by atoms with Gasteiger partial charge in [0.15, 0.2) is 0 Å². The molecule has 2 rings (SSSR count). The number of ether oxygens (including phenoxy) is 1. The fraction of sp³-hybridized carbons (Fsp3) is 0.133. The number of amides is 1. The number of benzene rings is 1. The molecule has 0 fully saturated rings. The molecule has 1 N–H and O–H groups in total. The van der Waals surface area contributed by atoms with Crippen molar-refractivity contribution in [3.63, 3.8) is 0 Å². The summed E-state index contributed by atoms with van der Waals surface area (Å²) in [4.78, 5) is 15.9. The number of hydrogen-bond donors (Lipinski definition) is 1. The predicted octanol–water partition coefficient (Wildman–Crippen LogP) is 2.60. The highest BCUT2D eigenvalue weighted by Gasteiger charge is 2.08. The van der Waals surface area contributed by atoms with Gasteiger partial charge in [0.1, 0.15) is 23.2 Å². The summed E-state index contributed by atoms with van der Waals surface area (Å²) in [5.41, 5.74) is 1.06. The summed E-state index contributed by atoms with van der Waals surface area (Å²) in [6, 6.07) is 13.7. The van der Waals surface area contributed by atoms with Crippen LogP contribution >= 0.6 is 0 Å². The smallest absolute Gasteiger partial charge is 0.274 e. The molecule has 100 valence electrons. The van der Waals surface area contributed by atoms with E-state index in [2.05, 4.69) is 10.3 Å². The summed E-state index contributed by atoms with van der Waals surface area (Å²) in [5, 5.41) is 11.5. The van der Waals surface area contributed by atoms with E-state index in [0.717, 1.165) is 5.75 Å². The van der Waals surface area contributed by atoms with Crippen LogP contribution in [0.4, 0.5) is 5.69 Å². The number of pyridine rings is 1. The van der Waals surface area contributed by atoms with Crippen molar-refractivity contribution in [1.82, 2.24) is 4.98 Å². The Bertz CT molecular complexity index is 645. The zero-order valence-corrected chi connectivity index (χ0v) is 11.0. The number of anilines is 1. The lowest BCUT2D eigenvalue weighted by Gasteiger charge is -2.06. The van der Waals surface area contributed by atoms with Crippen molar-refractivity contribution >= 4 is 11.6 Å². The highest BCUT2D eigenvalue weighted by Crippen LogP contribution is 2.16. The average molecular weight is 267 g/mol. The van der Waals surface area contributed by atoms with Crippen LogP contribution in [0.5, 0.6) is 5.75 Å². The molecule has 0 bridgehead atoms. The lowest BCUT2D eigenvalue weighted by atomic mass is 10.2. The molecule has 1 aromatic heterocycles. The monoisotopic (exact) mass is 267 g/mol. The van der Waals surface area contributed by atoms with Crippen LogP contribution < -0.4 is 10.1 Å². The maximum atomic E-state index is 12.0. The summed E-state index contributed by atoms with van der Waals surface area (Å²) in [5.74, 6) is 0.390. The number of nitriles is 1. The zero-order valence-electron chi connectivity index (χ0n) is 11.0. The van der Waals surface area contributed by atoms with Crippen molar-refractivity contribution in [3.05, 3.63) is 53.9 Å². The molecular formula is C15H13N3O2. The Morgan fingerprint density at radius 2 is 2.05 bits per heavy atom. The third kappa shape index (κ3) is 3.33. The molecule has 0 aliphatic carbocycles. The van der Waals surface area contributed by atoms with Gasteiger partial charge in [-0.3, -0.25) is 4.79 Å². The quantitative estimate of drug-likeness (QED) is 0.923. The Kier molecular flexibility index (Phi) is 4.30. The van der Waals surface area contributed by atoms with E-state index in [-0.39, 0.29) is 17.3 Å². The second kappa shape index (κ2) is 6.34. The largest absolute Gasteiger partial charge is 0.494 e. The lowest BCUT2D eigenvalue weighted by Crippen LogP contribution is -2.13. The third-order valence-electron chi connectivity index (χ3n) is 2.52. The molecule has 2 aromatic rings. The van der Waals surface area contributed by atoms with Gasteiger partial charge in [-0.2, -0.15) is 5.26 Å². The molecule has 1 aromatic carbocycles. The van der Waals surface area contributed by atoms with Crippen LogP contribution in [-0.4, -0.2) is 17.5 Å². The average Bonchev–Trinajstić information content (AvgIpc) is 2.49. The number of carbonyl (C=O) groups is 1. The predicted molar refractivity (Wildman–Crippen MR) is 74.5 cm³/mol. The molecule has 0 unspecified atom stereocenters. The highest BCUT2D eigenvalue weighted by molar-refractivity contribution is 6.02. The van der Waals surface area contributed by atoms with Crippen molar-refractivity contribution in [3.8, 4) is 11.8 Å². The van der Waals surface area contributed by atoms with E-state index >= 15 is 0 Å². The lowest BCUT2D eigenvalue weighted by molar-refractivity contribution is 0.102. The van der Waals surface area contributed by atoms with E-state index in [0.29, 0.717) is 12.3 Å². The number of nitrogens with zero attached hydrogens (tertiary/aromatic N) is 2.